The van der Waals surface area contributed by atoms with Crippen LogP contribution in [0.2, 0.25) is 0 Å². The highest BCUT2D eigenvalue weighted by Crippen LogP contribution is 2.32. The summed E-state index contributed by atoms with van der Waals surface area (Å²) in [5, 5.41) is 13.0. The van der Waals surface area contributed by atoms with Crippen molar-refractivity contribution in [2.24, 2.45) is 0 Å². The third-order valence-electron chi connectivity index (χ3n) is 6.23. The van der Waals surface area contributed by atoms with Crippen LogP contribution in [0.3, 0.4) is 0 Å². The minimum Gasteiger partial charge on any atom is -0.396 e. The van der Waals surface area contributed by atoms with Gasteiger partial charge in [0.25, 0.3) is 0 Å². The van der Waals surface area contributed by atoms with Gasteiger partial charge in [-0.15, -0.1) is 0 Å². The van der Waals surface area contributed by atoms with E-state index in [1.165, 1.54) is 17.1 Å². The van der Waals surface area contributed by atoms with Crippen molar-refractivity contribution in [2.75, 3.05) is 31.6 Å². The van der Waals surface area contributed by atoms with E-state index in [1.54, 1.807) is 6.07 Å². The van der Waals surface area contributed by atoms with Gasteiger partial charge in [-0.1, -0.05) is 24.3 Å². The lowest BCUT2D eigenvalue weighted by Gasteiger charge is -2.34. The van der Waals surface area contributed by atoms with Crippen molar-refractivity contribution in [3.05, 3.63) is 65.6 Å². The SMILES string of the molecule is Cc1cc2ccc(NC(=O)CCO)cc2n1C1CCN(CCc2ccccc2F)CC1. The fourth-order valence-electron chi connectivity index (χ4n) is 4.63. The maximum absolute atomic E-state index is 13.9. The number of amides is 1. The topological polar surface area (TPSA) is 57.5 Å². The average molecular weight is 424 g/mol. The van der Waals surface area contributed by atoms with E-state index in [1.807, 2.05) is 30.3 Å². The van der Waals surface area contributed by atoms with E-state index in [0.29, 0.717) is 6.04 Å². The molecule has 0 bridgehead atoms. The number of rotatable bonds is 7. The van der Waals surface area contributed by atoms with E-state index in [2.05, 4.69) is 27.8 Å². The second-order valence-corrected chi connectivity index (χ2v) is 8.37. The van der Waals surface area contributed by atoms with Gasteiger partial charge in [0.2, 0.25) is 5.91 Å². The number of fused-ring (bicyclic) bond motifs is 1. The molecule has 4 rings (SSSR count). The third-order valence-corrected chi connectivity index (χ3v) is 6.23. The molecule has 0 saturated carbocycles. The summed E-state index contributed by atoms with van der Waals surface area (Å²) in [6, 6.07) is 15.6. The van der Waals surface area contributed by atoms with Crippen molar-refractivity contribution in [1.82, 2.24) is 9.47 Å². The Morgan fingerprint density at radius 1 is 1.16 bits per heavy atom. The molecule has 31 heavy (non-hydrogen) atoms. The number of nitrogens with one attached hydrogen (secondary N) is 1. The molecule has 1 aromatic heterocycles. The van der Waals surface area contributed by atoms with E-state index in [-0.39, 0.29) is 24.8 Å². The van der Waals surface area contributed by atoms with Crippen molar-refractivity contribution >= 4 is 22.5 Å². The molecular weight excluding hydrogens is 393 g/mol. The number of hydrogen-bond acceptors (Lipinski definition) is 3. The number of hydrogen-bond donors (Lipinski definition) is 2. The number of likely N-dealkylation sites (tertiary alicyclic amines) is 1. The van der Waals surface area contributed by atoms with Crippen molar-refractivity contribution in [3.8, 4) is 0 Å². The number of aromatic nitrogens is 1. The number of benzene rings is 2. The van der Waals surface area contributed by atoms with Crippen LogP contribution in [0.4, 0.5) is 10.1 Å². The number of nitrogens with zero attached hydrogens (tertiary/aromatic N) is 2. The molecule has 6 heteroatoms. The molecule has 2 aromatic carbocycles. The molecule has 1 fully saturated rings. The number of aryl methyl sites for hydroxylation is 1. The van der Waals surface area contributed by atoms with Crippen LogP contribution in [-0.2, 0) is 11.2 Å². The van der Waals surface area contributed by atoms with Gasteiger partial charge in [-0.3, -0.25) is 4.79 Å². The summed E-state index contributed by atoms with van der Waals surface area (Å²) in [4.78, 5) is 14.3. The Kier molecular flexibility index (Phi) is 6.68. The number of aliphatic hydroxyl groups excluding tert-OH is 1. The Balaban J connectivity index is 1.42. The first-order valence-corrected chi connectivity index (χ1v) is 11.0. The molecule has 5 nitrogen and oxygen atoms in total. The molecule has 1 amide bonds. The van der Waals surface area contributed by atoms with Crippen molar-refractivity contribution in [2.45, 2.75) is 38.6 Å². The number of piperidine rings is 1. The van der Waals surface area contributed by atoms with Gasteiger partial charge < -0.3 is 19.9 Å². The Morgan fingerprint density at radius 2 is 1.94 bits per heavy atom. The highest BCUT2D eigenvalue weighted by molar-refractivity contribution is 5.94. The molecule has 0 aliphatic carbocycles. The van der Waals surface area contributed by atoms with Gasteiger partial charge in [-0.05, 0) is 56.0 Å². The fraction of sp³-hybridized carbons (Fsp3) is 0.400. The first kappa shape index (κ1) is 21.5. The second kappa shape index (κ2) is 9.62. The first-order chi connectivity index (χ1) is 15.0. The second-order valence-electron chi connectivity index (χ2n) is 8.37. The van der Waals surface area contributed by atoms with Crippen LogP contribution >= 0.6 is 0 Å². The molecule has 0 atom stereocenters. The maximum atomic E-state index is 13.9. The Morgan fingerprint density at radius 3 is 2.68 bits per heavy atom. The molecule has 164 valence electrons. The molecule has 1 saturated heterocycles. The predicted molar refractivity (Wildman–Crippen MR) is 122 cm³/mol. The lowest BCUT2D eigenvalue weighted by Crippen LogP contribution is -2.36. The number of carbonyl (C=O) groups excluding carboxylic acids is 1. The van der Waals surface area contributed by atoms with Gasteiger partial charge in [-0.2, -0.15) is 0 Å². The maximum Gasteiger partial charge on any atom is 0.226 e. The molecule has 2 heterocycles. The predicted octanol–water partition coefficient (Wildman–Crippen LogP) is 4.29. The molecule has 0 unspecified atom stereocenters. The summed E-state index contributed by atoms with van der Waals surface area (Å²) >= 11 is 0. The molecule has 3 aromatic rings. The standard InChI is InChI=1S/C25H30FN3O2/c1-18-16-20-6-7-21(27-25(31)11-15-30)17-24(20)29(18)22-9-13-28(14-10-22)12-8-19-4-2-3-5-23(19)26/h2-7,16-17,22,30H,8-15H2,1H3,(H,27,31). The van der Waals surface area contributed by atoms with Gasteiger partial charge in [-0.25, -0.2) is 4.39 Å². The zero-order valence-corrected chi connectivity index (χ0v) is 18.0. The van der Waals surface area contributed by atoms with Crippen molar-refractivity contribution in [1.29, 1.82) is 0 Å². The van der Waals surface area contributed by atoms with Gasteiger partial charge in [0.1, 0.15) is 5.82 Å². The lowest BCUT2D eigenvalue weighted by atomic mass is 10.0. The Hall–Kier alpha value is -2.70. The molecule has 1 aliphatic heterocycles. The minimum absolute atomic E-state index is 0.101. The van der Waals surface area contributed by atoms with E-state index in [0.717, 1.165) is 55.7 Å². The van der Waals surface area contributed by atoms with Crippen LogP contribution < -0.4 is 5.32 Å². The largest absolute Gasteiger partial charge is 0.396 e. The highest BCUT2D eigenvalue weighted by Gasteiger charge is 2.23. The quantitative estimate of drug-likeness (QED) is 0.596. The smallest absolute Gasteiger partial charge is 0.226 e. The number of aliphatic hydroxyl groups is 1. The summed E-state index contributed by atoms with van der Waals surface area (Å²) in [5.41, 5.74) is 3.89. The van der Waals surface area contributed by atoms with Crippen LogP contribution in [-0.4, -0.2) is 46.7 Å². The van der Waals surface area contributed by atoms with Crippen molar-refractivity contribution in [3.63, 3.8) is 0 Å². The zero-order valence-electron chi connectivity index (χ0n) is 18.0. The van der Waals surface area contributed by atoms with E-state index in [9.17, 15) is 9.18 Å². The van der Waals surface area contributed by atoms with Crippen molar-refractivity contribution < 1.29 is 14.3 Å². The highest BCUT2D eigenvalue weighted by atomic mass is 19.1. The monoisotopic (exact) mass is 423 g/mol. The summed E-state index contributed by atoms with van der Waals surface area (Å²) in [6.45, 7) is 4.84. The molecule has 1 aliphatic rings. The van der Waals surface area contributed by atoms with Crippen LogP contribution in [0.25, 0.3) is 10.9 Å². The van der Waals surface area contributed by atoms with Gasteiger partial charge >= 0.3 is 0 Å². The average Bonchev–Trinajstić information content (AvgIpc) is 3.09. The summed E-state index contributed by atoms with van der Waals surface area (Å²) in [7, 11) is 0. The summed E-state index contributed by atoms with van der Waals surface area (Å²) < 4.78 is 16.3. The third kappa shape index (κ3) is 4.97. The van der Waals surface area contributed by atoms with Gasteiger partial charge in [0.15, 0.2) is 0 Å². The lowest BCUT2D eigenvalue weighted by molar-refractivity contribution is -0.116. The van der Waals surface area contributed by atoms with E-state index in [4.69, 9.17) is 5.11 Å². The van der Waals surface area contributed by atoms with Crippen LogP contribution in [0.15, 0.2) is 48.5 Å². The van der Waals surface area contributed by atoms with Crippen LogP contribution in [0, 0.1) is 12.7 Å². The molecule has 2 N–H and O–H groups in total. The van der Waals surface area contributed by atoms with Crippen LogP contribution in [0.1, 0.15) is 36.6 Å². The number of anilines is 1. The zero-order chi connectivity index (χ0) is 21.8. The van der Waals surface area contributed by atoms with E-state index >= 15 is 0 Å². The first-order valence-electron chi connectivity index (χ1n) is 11.0. The summed E-state index contributed by atoms with van der Waals surface area (Å²) in [6.07, 6.45) is 2.93. The minimum atomic E-state index is -0.181. The summed E-state index contributed by atoms with van der Waals surface area (Å²) in [5.74, 6) is -0.298. The van der Waals surface area contributed by atoms with Crippen LogP contribution in [0.5, 0.6) is 0 Å². The normalized spacial score (nSPS) is 15.5. The van der Waals surface area contributed by atoms with Gasteiger partial charge in [0.05, 0.1) is 18.5 Å². The molecule has 0 radical (unpaired) electrons. The van der Waals surface area contributed by atoms with Gasteiger partial charge in [0, 0.05) is 42.4 Å². The van der Waals surface area contributed by atoms with E-state index < -0.39 is 0 Å². The Labute approximate surface area is 182 Å². The number of halogens is 1. The molecular formula is C25H30FN3O2. The Bertz CT molecular complexity index is 1050. The molecule has 0 spiro atoms. The number of carbonyl (C=O) groups is 1. The fourth-order valence-corrected chi connectivity index (χ4v) is 4.63.